The van der Waals surface area contributed by atoms with E-state index in [1.54, 1.807) is 32.6 Å². The number of fused-ring (bicyclic) bond motifs is 1. The average molecular weight is 1410 g/mol. The van der Waals surface area contributed by atoms with Gasteiger partial charge in [-0.3, -0.25) is 72.0 Å². The van der Waals surface area contributed by atoms with E-state index in [1.165, 1.54) is 126 Å². The predicted octanol–water partition coefficient (Wildman–Crippen LogP) is -0.534. The van der Waals surface area contributed by atoms with Gasteiger partial charge in [0.2, 0.25) is 82.7 Å². The maximum absolute atomic E-state index is 14.4. The molecule has 100 heavy (non-hydrogen) atoms. The van der Waals surface area contributed by atoms with Gasteiger partial charge in [0.15, 0.2) is 0 Å². The molecular formula is C70H123N16O14+. The number of nitrogens with zero attached hydrogens (tertiary/aromatic N) is 3. The van der Waals surface area contributed by atoms with Gasteiger partial charge in [0, 0.05) is 71.4 Å². The number of nitrogens with one attached hydrogen (secondary N) is 13. The highest BCUT2D eigenvalue weighted by Crippen LogP contribution is 2.27. The Morgan fingerprint density at radius 2 is 0.840 bits per heavy atom. The number of rotatable bonds is 34. The Morgan fingerprint density at radius 1 is 0.430 bits per heavy atom. The van der Waals surface area contributed by atoms with Gasteiger partial charge in [0.05, 0.1) is 19.6 Å². The molecule has 14 amide bonds. The number of quaternary nitrogens is 1. The van der Waals surface area contributed by atoms with Crippen LogP contribution in [-0.4, -0.2) is 224 Å². The first-order valence-electron chi connectivity index (χ1n) is 36.0. The molecule has 566 valence electrons. The van der Waals surface area contributed by atoms with E-state index < -0.39 is 139 Å². The number of hydrogen-bond donors (Lipinski definition) is 13. The summed E-state index contributed by atoms with van der Waals surface area (Å²) in [5.74, 6) is -8.36. The van der Waals surface area contributed by atoms with Crippen LogP contribution in [0.4, 0.5) is 0 Å². The first-order valence-corrected chi connectivity index (χ1v) is 36.0. The average Bonchev–Trinajstić information content (AvgIpc) is 1.08. The molecule has 0 saturated carbocycles. The molecule has 0 aromatic carbocycles. The zero-order valence-corrected chi connectivity index (χ0v) is 63.8. The maximum Gasteiger partial charge on any atom is 0.248 e. The van der Waals surface area contributed by atoms with Crippen molar-refractivity contribution in [1.82, 2.24) is 78.5 Å². The molecule has 0 aromatic rings. The second-order valence-electron chi connectivity index (χ2n) is 31.9. The lowest BCUT2D eigenvalue weighted by atomic mass is 9.91. The molecule has 9 atom stereocenters. The molecule has 0 aliphatic carbocycles. The number of carbonyl (C=O) groups excluding carboxylic acids is 14. The Morgan fingerprint density at radius 3 is 1.34 bits per heavy atom. The SMILES string of the molecule is CC[C@@](C)(NC(=O)[C@](C)(CC)NC(=O)[C@H]1CCCN1C(C)=O)C(=O)NCCC(=O)NCC(=O)NC(C)(C)C(=O)NC(C)(C)C(=O)N[C@@](C)(CC)C(=O)NC(C)(C)C(=O)NC(C)(C)C(=O)NC(C)(C)C(=O)N1CCC[C@@H]1C(=O)N[C@@](C)(CC)C(=O)N[C@H](CC(C)C)CN1CCC[NH+]2CCCC12. The number of amides is 14. The predicted molar refractivity (Wildman–Crippen MR) is 376 cm³/mol. The lowest BCUT2D eigenvalue weighted by Gasteiger charge is -2.40. The smallest absolute Gasteiger partial charge is 0.248 e. The van der Waals surface area contributed by atoms with Crippen LogP contribution in [0.25, 0.3) is 0 Å². The Kier molecular flexibility index (Phi) is 28.9. The summed E-state index contributed by atoms with van der Waals surface area (Å²) in [6.07, 6.45) is 6.91. The summed E-state index contributed by atoms with van der Waals surface area (Å²) in [5.41, 5.74) is -14.2. The number of hydrogen-bond acceptors (Lipinski definition) is 15. The van der Waals surface area contributed by atoms with Crippen LogP contribution in [0.1, 0.15) is 229 Å². The van der Waals surface area contributed by atoms with Crippen LogP contribution in [0.15, 0.2) is 0 Å². The van der Waals surface area contributed by atoms with E-state index >= 15 is 0 Å². The topological polar surface area (TPSA) is 397 Å². The summed E-state index contributed by atoms with van der Waals surface area (Å²) in [5, 5.41) is 32.8. The molecule has 4 saturated heterocycles. The number of carbonyl (C=O) groups is 14. The van der Waals surface area contributed by atoms with Crippen molar-refractivity contribution < 1.29 is 72.0 Å². The van der Waals surface area contributed by atoms with Gasteiger partial charge in [-0.2, -0.15) is 0 Å². The van der Waals surface area contributed by atoms with Crippen LogP contribution in [0.5, 0.6) is 0 Å². The van der Waals surface area contributed by atoms with E-state index in [2.05, 4.69) is 82.5 Å². The minimum Gasteiger partial charge on any atom is -0.354 e. The normalized spacial score (nSPS) is 21.0. The zero-order valence-electron chi connectivity index (χ0n) is 63.8. The van der Waals surface area contributed by atoms with Crippen LogP contribution in [-0.2, 0) is 67.1 Å². The monoisotopic (exact) mass is 1410 g/mol. The Balaban J connectivity index is 1.27. The van der Waals surface area contributed by atoms with Crippen LogP contribution in [0.2, 0.25) is 0 Å². The molecule has 0 bridgehead atoms. The van der Waals surface area contributed by atoms with E-state index in [0.29, 0.717) is 50.7 Å². The molecule has 30 heteroatoms. The van der Waals surface area contributed by atoms with Gasteiger partial charge in [-0.15, -0.1) is 0 Å². The Bertz CT molecular complexity index is 3060. The third kappa shape index (κ3) is 21.8. The quantitative estimate of drug-likeness (QED) is 0.0385. The zero-order chi connectivity index (χ0) is 76.1. The van der Waals surface area contributed by atoms with E-state index in [9.17, 15) is 67.1 Å². The molecule has 4 rings (SSSR count). The van der Waals surface area contributed by atoms with Crippen molar-refractivity contribution in [2.75, 3.05) is 52.4 Å². The van der Waals surface area contributed by atoms with Gasteiger partial charge in [0.25, 0.3) is 0 Å². The molecule has 4 aliphatic heterocycles. The van der Waals surface area contributed by atoms with Crippen LogP contribution >= 0.6 is 0 Å². The molecule has 4 heterocycles. The summed E-state index contributed by atoms with van der Waals surface area (Å²) in [7, 11) is 0. The Labute approximate surface area is 592 Å². The minimum atomic E-state index is -1.72. The van der Waals surface area contributed by atoms with E-state index in [0.717, 1.165) is 32.4 Å². The van der Waals surface area contributed by atoms with Crippen LogP contribution in [0, 0.1) is 5.92 Å². The summed E-state index contributed by atoms with van der Waals surface area (Å²) >= 11 is 0. The maximum atomic E-state index is 14.4. The summed E-state index contributed by atoms with van der Waals surface area (Å²) < 4.78 is 0. The molecule has 0 radical (unpaired) electrons. The standard InChI is InChI=1S/C70H122N16O14/c1-22-67(18,82-60(99)69(20,24-3)76-51(90)46-30-26-38-85(46)44(7)87)57(96)71-34-33-48(88)72-41-49(89)74-62(8,9)53(92)77-65(14,15)56(95)81-70(21,25-4)59(98)80-64(12,13)54(93)78-63(10,11)55(94)79-66(16,17)61(100)86-39-27-31-47(86)52(91)75-68(19,23-2)58(97)73-45(40-43(5)6)42-84-37-29-36-83-35-28-32-50(83)84/h43,45-47,50H,22-42H2,1-21H3,(H,71,96)(H,72,88)(H,73,97)(H,74,89)(H,75,91)(H,76,90)(H,77,92)(H,78,93)(H,79,94)(H,80,98)(H,81,95)(H,82,99)/p+1/t45-,46-,47-,50?,67-,68+,69+,70+/m1/s1. The molecule has 30 nitrogen and oxygen atoms in total. The largest absolute Gasteiger partial charge is 0.354 e. The van der Waals surface area contributed by atoms with Crippen molar-refractivity contribution in [1.29, 1.82) is 0 Å². The second kappa shape index (κ2) is 34.0. The molecule has 0 spiro atoms. The highest BCUT2D eigenvalue weighted by molar-refractivity contribution is 6.03. The first kappa shape index (κ1) is 84.9. The fourth-order valence-corrected chi connectivity index (χ4v) is 12.8. The first-order chi connectivity index (χ1) is 46.0. The highest BCUT2D eigenvalue weighted by Gasteiger charge is 2.50. The lowest BCUT2D eigenvalue weighted by Crippen LogP contribution is -3.16. The van der Waals surface area contributed by atoms with Gasteiger partial charge in [-0.25, -0.2) is 0 Å². The molecule has 13 N–H and O–H groups in total. The third-order valence-corrected chi connectivity index (χ3v) is 20.6. The molecular weight excluding hydrogens is 1290 g/mol. The van der Waals surface area contributed by atoms with Crippen LogP contribution < -0.4 is 68.7 Å². The highest BCUT2D eigenvalue weighted by atomic mass is 16.2. The van der Waals surface area contributed by atoms with Crippen molar-refractivity contribution in [2.45, 2.75) is 303 Å². The van der Waals surface area contributed by atoms with E-state index in [4.69, 9.17) is 0 Å². The van der Waals surface area contributed by atoms with Gasteiger partial charge in [0.1, 0.15) is 68.1 Å². The van der Waals surface area contributed by atoms with Gasteiger partial charge >= 0.3 is 0 Å². The van der Waals surface area contributed by atoms with Crippen molar-refractivity contribution in [3.05, 3.63) is 0 Å². The second-order valence-corrected chi connectivity index (χ2v) is 31.9. The fourth-order valence-electron chi connectivity index (χ4n) is 12.8. The Hall–Kier alpha value is -7.50. The van der Waals surface area contributed by atoms with Gasteiger partial charge in [-0.1, -0.05) is 41.5 Å². The minimum absolute atomic E-state index is 0.00455. The summed E-state index contributed by atoms with van der Waals surface area (Å²) in [4.78, 5) is 198. The molecule has 4 fully saturated rings. The molecule has 0 aromatic heterocycles. The van der Waals surface area contributed by atoms with Gasteiger partial charge in [-0.05, 0) is 161 Å². The van der Waals surface area contributed by atoms with Crippen molar-refractivity contribution >= 4 is 82.7 Å². The molecule has 4 aliphatic rings. The van der Waals surface area contributed by atoms with Gasteiger partial charge < -0.3 is 78.5 Å². The molecule has 2 unspecified atom stereocenters. The lowest BCUT2D eigenvalue weighted by molar-refractivity contribution is -0.930. The van der Waals surface area contributed by atoms with Crippen molar-refractivity contribution in [2.24, 2.45) is 5.92 Å². The van der Waals surface area contributed by atoms with E-state index in [-0.39, 0.29) is 56.6 Å². The van der Waals surface area contributed by atoms with Crippen molar-refractivity contribution in [3.63, 3.8) is 0 Å². The fraction of sp³-hybridized carbons (Fsp3) is 0.800. The summed E-state index contributed by atoms with van der Waals surface area (Å²) in [6.45, 7) is 36.7. The van der Waals surface area contributed by atoms with Crippen LogP contribution in [0.3, 0.4) is 0 Å². The van der Waals surface area contributed by atoms with Crippen molar-refractivity contribution in [3.8, 4) is 0 Å². The van der Waals surface area contributed by atoms with E-state index in [1.807, 2.05) is 6.92 Å². The third-order valence-electron chi connectivity index (χ3n) is 20.6. The summed E-state index contributed by atoms with van der Waals surface area (Å²) in [6, 6.07) is -1.77. The number of likely N-dealkylation sites (tertiary alicyclic amines) is 2.